The van der Waals surface area contributed by atoms with Crippen molar-refractivity contribution in [2.75, 3.05) is 5.32 Å². The molecule has 2 heterocycles. The lowest BCUT2D eigenvalue weighted by molar-refractivity contribution is -0.120. The molecule has 0 spiro atoms. The maximum Gasteiger partial charge on any atom is 0.321 e. The Morgan fingerprint density at radius 1 is 1.00 bits per heavy atom. The first-order valence-electron chi connectivity index (χ1n) is 10.6. The lowest BCUT2D eigenvalue weighted by Gasteiger charge is -2.17. The number of benzene rings is 2. The van der Waals surface area contributed by atoms with E-state index in [2.05, 4.69) is 31.9 Å². The van der Waals surface area contributed by atoms with Crippen molar-refractivity contribution < 1.29 is 9.59 Å². The number of hydrogen-bond donors (Lipinski definition) is 2. The van der Waals surface area contributed by atoms with Crippen molar-refractivity contribution in [2.45, 2.75) is 35.9 Å². The highest BCUT2D eigenvalue weighted by Gasteiger charge is 2.20. The number of urea groups is 1. The molecule has 0 aliphatic rings. The van der Waals surface area contributed by atoms with Gasteiger partial charge in [-0.05, 0) is 24.1 Å². The fourth-order valence-corrected chi connectivity index (χ4v) is 4.93. The number of aromatic nitrogens is 3. The summed E-state index contributed by atoms with van der Waals surface area (Å²) in [5, 5.41) is 15.1. The molecule has 2 N–H and O–H groups in total. The Morgan fingerprint density at radius 2 is 1.79 bits per heavy atom. The number of carbonyl (C=O) groups is 2. The van der Waals surface area contributed by atoms with Crippen molar-refractivity contribution in [3.63, 3.8) is 0 Å². The summed E-state index contributed by atoms with van der Waals surface area (Å²) in [6, 6.07) is 20.6. The second-order valence-corrected chi connectivity index (χ2v) is 9.52. The van der Waals surface area contributed by atoms with Crippen LogP contribution in [-0.4, -0.2) is 33.0 Å². The van der Waals surface area contributed by atoms with Gasteiger partial charge in [-0.2, -0.15) is 0 Å². The van der Waals surface area contributed by atoms with Crippen LogP contribution in [0.1, 0.15) is 24.6 Å². The van der Waals surface area contributed by atoms with E-state index in [-0.39, 0.29) is 5.78 Å². The van der Waals surface area contributed by atoms with Crippen LogP contribution in [0, 0.1) is 0 Å². The van der Waals surface area contributed by atoms with Crippen LogP contribution in [0.4, 0.5) is 9.93 Å². The number of ketones is 1. The number of carbonyl (C=O) groups excluding carboxylic acids is 2. The minimum Gasteiger partial charge on any atom is -0.328 e. The molecular formula is C24H23N5O2S2. The van der Waals surface area contributed by atoms with E-state index in [1.54, 1.807) is 6.92 Å². The number of fused-ring (bicyclic) bond motifs is 1. The molecule has 0 radical (unpaired) electrons. The van der Waals surface area contributed by atoms with Crippen molar-refractivity contribution in [1.29, 1.82) is 0 Å². The van der Waals surface area contributed by atoms with Gasteiger partial charge in [-0.25, -0.2) is 4.79 Å². The Hall–Kier alpha value is -3.30. The van der Waals surface area contributed by atoms with Gasteiger partial charge in [0.2, 0.25) is 5.13 Å². The molecule has 9 heteroatoms. The van der Waals surface area contributed by atoms with Gasteiger partial charge in [0.25, 0.3) is 0 Å². The molecule has 0 saturated carbocycles. The second-order valence-electron chi connectivity index (χ2n) is 7.32. The highest BCUT2D eigenvalue weighted by molar-refractivity contribution is 8.00. The Kier molecular flexibility index (Phi) is 7.64. The molecule has 0 fully saturated rings. The Morgan fingerprint density at radius 3 is 2.61 bits per heavy atom. The summed E-state index contributed by atoms with van der Waals surface area (Å²) in [5.41, 5.74) is 2.89. The molecule has 0 bridgehead atoms. The molecular weight excluding hydrogens is 454 g/mol. The minimum atomic E-state index is -0.599. The van der Waals surface area contributed by atoms with Gasteiger partial charge < -0.3 is 5.32 Å². The van der Waals surface area contributed by atoms with Crippen LogP contribution in [0.25, 0.3) is 10.9 Å². The Balaban J connectivity index is 1.32. The molecule has 4 rings (SSSR count). The summed E-state index contributed by atoms with van der Waals surface area (Å²) in [6.45, 7) is 1.79. The predicted octanol–water partition coefficient (Wildman–Crippen LogP) is 5.09. The van der Waals surface area contributed by atoms with Crippen LogP contribution in [0.2, 0.25) is 0 Å². The smallest absolute Gasteiger partial charge is 0.321 e. The predicted molar refractivity (Wildman–Crippen MR) is 133 cm³/mol. The zero-order chi connectivity index (χ0) is 23.0. The van der Waals surface area contributed by atoms with Crippen molar-refractivity contribution in [3.05, 3.63) is 78.0 Å². The van der Waals surface area contributed by atoms with Gasteiger partial charge in [0, 0.05) is 17.6 Å². The maximum atomic E-state index is 12.5. The lowest BCUT2D eigenvalue weighted by Crippen LogP contribution is -2.44. The van der Waals surface area contributed by atoms with Crippen LogP contribution in [-0.2, 0) is 17.0 Å². The summed E-state index contributed by atoms with van der Waals surface area (Å²) < 4.78 is 0.728. The van der Waals surface area contributed by atoms with E-state index < -0.39 is 12.1 Å². The van der Waals surface area contributed by atoms with Gasteiger partial charge in [0.1, 0.15) is 0 Å². The van der Waals surface area contributed by atoms with Gasteiger partial charge in [0.15, 0.2) is 10.1 Å². The number of thioether (sulfide) groups is 1. The molecule has 0 saturated heterocycles. The lowest BCUT2D eigenvalue weighted by atomic mass is 10.0. The van der Waals surface area contributed by atoms with E-state index in [0.717, 1.165) is 26.5 Å². The average Bonchev–Trinajstić information content (AvgIpc) is 3.29. The van der Waals surface area contributed by atoms with Crippen LogP contribution in [0.3, 0.4) is 0 Å². The number of Topliss-reactive ketones (excluding diaryl/α,β-unsaturated/α-hetero) is 1. The molecule has 4 aromatic rings. The first-order chi connectivity index (χ1) is 16.1. The first kappa shape index (κ1) is 22.9. The van der Waals surface area contributed by atoms with E-state index in [1.165, 1.54) is 23.1 Å². The Labute approximate surface area is 200 Å². The number of hydrogen-bond acceptors (Lipinski definition) is 7. The average molecular weight is 478 g/mol. The third-order valence-electron chi connectivity index (χ3n) is 4.95. The van der Waals surface area contributed by atoms with Gasteiger partial charge in [-0.15, -0.1) is 10.2 Å². The minimum absolute atomic E-state index is 0.0228. The van der Waals surface area contributed by atoms with Crippen molar-refractivity contribution >= 4 is 50.9 Å². The number of amides is 2. The molecule has 2 aromatic heterocycles. The van der Waals surface area contributed by atoms with Crippen molar-refractivity contribution in [2.24, 2.45) is 0 Å². The monoisotopic (exact) mass is 477 g/mol. The third-order valence-corrected chi connectivity index (χ3v) is 6.96. The number of pyridine rings is 1. The molecule has 168 valence electrons. The highest BCUT2D eigenvalue weighted by atomic mass is 32.2. The zero-order valence-corrected chi connectivity index (χ0v) is 19.7. The SMILES string of the molecule is CCC(=O)C(Cc1ccccc1)NC(=O)Nc1nnc(SCc2ccc3ccccc3n2)s1. The number of anilines is 1. The molecule has 2 amide bonds. The Bertz CT molecular complexity index is 1250. The standard InChI is InChI=1S/C24H23N5O2S2/c1-2-21(30)20(14-16-8-4-3-5-9-16)26-22(31)27-23-28-29-24(33-23)32-15-18-13-12-17-10-6-7-11-19(17)25-18/h3-13,20H,2,14-15H2,1H3,(H2,26,27,28,31). The number of nitrogens with one attached hydrogen (secondary N) is 2. The molecule has 0 aliphatic carbocycles. The molecule has 7 nitrogen and oxygen atoms in total. The second kappa shape index (κ2) is 11.0. The molecule has 2 aromatic carbocycles. The van der Waals surface area contributed by atoms with E-state index in [1.807, 2.05) is 60.7 Å². The fourth-order valence-electron chi connectivity index (χ4n) is 3.28. The first-order valence-corrected chi connectivity index (χ1v) is 12.4. The highest BCUT2D eigenvalue weighted by Crippen LogP contribution is 2.28. The molecule has 1 unspecified atom stereocenters. The molecule has 0 aliphatic heterocycles. The molecule has 1 atom stereocenters. The van der Waals surface area contributed by atoms with Crippen molar-refractivity contribution in [3.8, 4) is 0 Å². The van der Waals surface area contributed by atoms with Gasteiger partial charge in [-0.3, -0.25) is 15.1 Å². The quantitative estimate of drug-likeness (QED) is 0.257. The van der Waals surface area contributed by atoms with Crippen molar-refractivity contribution in [1.82, 2.24) is 20.5 Å². The van der Waals surface area contributed by atoms with Gasteiger partial charge in [-0.1, -0.05) is 84.6 Å². The summed E-state index contributed by atoms with van der Waals surface area (Å²) in [4.78, 5) is 29.5. The number of rotatable bonds is 9. The van der Waals surface area contributed by atoms with E-state index in [0.29, 0.717) is 23.7 Å². The van der Waals surface area contributed by atoms with Crippen LogP contribution >= 0.6 is 23.1 Å². The normalized spacial score (nSPS) is 11.8. The summed E-state index contributed by atoms with van der Waals surface area (Å²) >= 11 is 2.80. The fraction of sp³-hybridized carbons (Fsp3) is 0.208. The van der Waals surface area contributed by atoms with Crippen LogP contribution in [0.5, 0.6) is 0 Å². The van der Waals surface area contributed by atoms with Gasteiger partial charge >= 0.3 is 6.03 Å². The topological polar surface area (TPSA) is 96.9 Å². The zero-order valence-electron chi connectivity index (χ0n) is 18.0. The third kappa shape index (κ3) is 6.36. The molecule has 33 heavy (non-hydrogen) atoms. The van der Waals surface area contributed by atoms with Gasteiger partial charge in [0.05, 0.1) is 17.3 Å². The number of para-hydroxylation sites is 1. The summed E-state index contributed by atoms with van der Waals surface area (Å²) in [6.07, 6.45) is 0.789. The summed E-state index contributed by atoms with van der Waals surface area (Å²) in [5.74, 6) is 0.626. The maximum absolute atomic E-state index is 12.5. The summed E-state index contributed by atoms with van der Waals surface area (Å²) in [7, 11) is 0. The van der Waals surface area contributed by atoms with Crippen LogP contribution < -0.4 is 10.6 Å². The van der Waals surface area contributed by atoms with E-state index in [4.69, 9.17) is 0 Å². The largest absolute Gasteiger partial charge is 0.328 e. The van der Waals surface area contributed by atoms with E-state index >= 15 is 0 Å². The van der Waals surface area contributed by atoms with E-state index in [9.17, 15) is 9.59 Å². The van der Waals surface area contributed by atoms with Crippen LogP contribution in [0.15, 0.2) is 71.1 Å². The number of nitrogens with zero attached hydrogens (tertiary/aromatic N) is 3.